The third-order valence-electron chi connectivity index (χ3n) is 3.00. The summed E-state index contributed by atoms with van der Waals surface area (Å²) < 4.78 is 28.0. The van der Waals surface area contributed by atoms with Crippen LogP contribution in [0.3, 0.4) is 0 Å². The maximum atomic E-state index is 13.4. The molecule has 0 spiro atoms. The quantitative estimate of drug-likeness (QED) is 0.840. The Hall–Kier alpha value is -1.82. The Morgan fingerprint density at radius 2 is 2.22 bits per heavy atom. The number of benzene rings is 1. The second-order valence-corrected chi connectivity index (χ2v) is 4.43. The summed E-state index contributed by atoms with van der Waals surface area (Å²) in [6, 6.07) is 5.54. The van der Waals surface area contributed by atoms with Gasteiger partial charge in [0.1, 0.15) is 17.8 Å². The van der Waals surface area contributed by atoms with E-state index in [2.05, 4.69) is 10.1 Å². The average Bonchev–Trinajstić information content (AvgIpc) is 2.73. The van der Waals surface area contributed by atoms with Crippen LogP contribution in [0.15, 0.2) is 24.3 Å². The number of aromatic nitrogens is 3. The summed E-state index contributed by atoms with van der Waals surface area (Å²) in [5, 5.41) is 4.18. The van der Waals surface area contributed by atoms with Gasteiger partial charge in [-0.15, -0.1) is 0 Å². The van der Waals surface area contributed by atoms with Crippen LogP contribution >= 0.6 is 0 Å². The van der Waals surface area contributed by atoms with Crippen LogP contribution in [0, 0.1) is 5.82 Å². The van der Waals surface area contributed by atoms with Crippen LogP contribution in [-0.4, -0.2) is 20.9 Å². The molecule has 1 aromatic carbocycles. The lowest BCUT2D eigenvalue weighted by Gasteiger charge is -2.21. The molecule has 1 aromatic heterocycles. The van der Waals surface area contributed by atoms with E-state index < -0.39 is 12.2 Å². The number of hydrogen-bond acceptors (Lipinski definition) is 3. The topological polar surface area (TPSA) is 56.7 Å². The largest absolute Gasteiger partial charge is 0.321 e. The van der Waals surface area contributed by atoms with E-state index in [1.807, 2.05) is 0 Å². The van der Waals surface area contributed by atoms with Crippen LogP contribution in [0.4, 0.5) is 8.78 Å². The van der Waals surface area contributed by atoms with E-state index in [0.717, 1.165) is 0 Å². The number of alkyl halides is 1. The lowest BCUT2D eigenvalue weighted by molar-refractivity contribution is 0.220. The Labute approximate surface area is 102 Å². The highest BCUT2D eigenvalue weighted by Crippen LogP contribution is 2.26. The van der Waals surface area contributed by atoms with Crippen LogP contribution in [-0.2, 0) is 6.54 Å². The Morgan fingerprint density at radius 3 is 3.00 bits per heavy atom. The highest BCUT2D eigenvalue weighted by Gasteiger charge is 2.27. The first-order chi connectivity index (χ1) is 8.63. The molecule has 2 aromatic rings. The van der Waals surface area contributed by atoms with E-state index >= 15 is 0 Å². The first-order valence-electron chi connectivity index (χ1n) is 5.74. The minimum absolute atomic E-state index is 0.158. The molecule has 6 heteroatoms. The molecule has 2 unspecified atom stereocenters. The molecule has 3 rings (SSSR count). The molecule has 0 fully saturated rings. The van der Waals surface area contributed by atoms with Crippen molar-refractivity contribution in [3.8, 4) is 11.4 Å². The van der Waals surface area contributed by atoms with Gasteiger partial charge in [-0.2, -0.15) is 5.10 Å². The van der Waals surface area contributed by atoms with Gasteiger partial charge in [-0.25, -0.2) is 18.4 Å². The number of fused-ring (bicyclic) bond motifs is 1. The van der Waals surface area contributed by atoms with Crippen molar-refractivity contribution in [2.24, 2.45) is 5.73 Å². The molecule has 2 heterocycles. The molecule has 1 aliphatic rings. The first-order valence-corrected chi connectivity index (χ1v) is 5.74. The standard InChI is InChI=1S/C12H12F2N4/c13-8-3-1-2-7(4-8)11-16-12-10(15)5-9(14)6-18(12)17-11/h1-4,9-10H,5-6,15H2. The smallest absolute Gasteiger partial charge is 0.181 e. The van der Waals surface area contributed by atoms with Crippen molar-refractivity contribution in [2.75, 3.05) is 0 Å². The number of rotatable bonds is 1. The van der Waals surface area contributed by atoms with Gasteiger partial charge in [0.15, 0.2) is 5.82 Å². The molecule has 0 aliphatic carbocycles. The van der Waals surface area contributed by atoms with Gasteiger partial charge < -0.3 is 5.73 Å². The molecule has 0 amide bonds. The maximum Gasteiger partial charge on any atom is 0.181 e. The first kappa shape index (κ1) is 11.3. The van der Waals surface area contributed by atoms with E-state index in [0.29, 0.717) is 17.2 Å². The predicted octanol–water partition coefficient (Wildman–Crippen LogP) is 1.83. The lowest BCUT2D eigenvalue weighted by atomic mass is 10.1. The molecule has 0 bridgehead atoms. The van der Waals surface area contributed by atoms with Crippen LogP contribution in [0.2, 0.25) is 0 Å². The van der Waals surface area contributed by atoms with Gasteiger partial charge in [-0.3, -0.25) is 0 Å². The van der Waals surface area contributed by atoms with Crippen molar-refractivity contribution in [2.45, 2.75) is 25.2 Å². The van der Waals surface area contributed by atoms with E-state index in [4.69, 9.17) is 5.73 Å². The fourth-order valence-corrected chi connectivity index (χ4v) is 2.16. The molecule has 0 radical (unpaired) electrons. The van der Waals surface area contributed by atoms with E-state index in [1.54, 1.807) is 12.1 Å². The van der Waals surface area contributed by atoms with E-state index in [1.165, 1.54) is 16.8 Å². The maximum absolute atomic E-state index is 13.4. The number of nitrogens with two attached hydrogens (primary N) is 1. The monoisotopic (exact) mass is 250 g/mol. The minimum atomic E-state index is -1.01. The van der Waals surface area contributed by atoms with E-state index in [9.17, 15) is 8.78 Å². The SMILES string of the molecule is NC1CC(F)Cn2nc(-c3cccc(F)c3)nc21. The molecule has 0 saturated carbocycles. The van der Waals surface area contributed by atoms with Gasteiger partial charge in [0, 0.05) is 12.0 Å². The Kier molecular flexibility index (Phi) is 2.59. The number of nitrogens with zero attached hydrogens (tertiary/aromatic N) is 3. The van der Waals surface area contributed by atoms with Gasteiger partial charge in [0.25, 0.3) is 0 Å². The lowest BCUT2D eigenvalue weighted by Crippen LogP contribution is -2.30. The Morgan fingerprint density at radius 1 is 1.39 bits per heavy atom. The van der Waals surface area contributed by atoms with Gasteiger partial charge in [0.2, 0.25) is 0 Å². The molecule has 1 aliphatic heterocycles. The Bertz CT molecular complexity index is 581. The summed E-state index contributed by atoms with van der Waals surface area (Å²) in [6.07, 6.45) is -0.754. The van der Waals surface area contributed by atoms with Crippen molar-refractivity contribution in [1.29, 1.82) is 0 Å². The molecule has 2 atom stereocenters. The average molecular weight is 250 g/mol. The summed E-state index contributed by atoms with van der Waals surface area (Å²) in [6.45, 7) is 0.158. The predicted molar refractivity (Wildman–Crippen MR) is 61.9 cm³/mol. The summed E-state index contributed by atoms with van der Waals surface area (Å²) in [5.41, 5.74) is 6.39. The zero-order valence-corrected chi connectivity index (χ0v) is 9.55. The third-order valence-corrected chi connectivity index (χ3v) is 3.00. The van der Waals surface area contributed by atoms with Crippen molar-refractivity contribution in [3.63, 3.8) is 0 Å². The second-order valence-electron chi connectivity index (χ2n) is 4.43. The molecule has 2 N–H and O–H groups in total. The Balaban J connectivity index is 2.03. The van der Waals surface area contributed by atoms with Crippen LogP contribution < -0.4 is 5.73 Å². The van der Waals surface area contributed by atoms with Crippen molar-refractivity contribution >= 4 is 0 Å². The fraction of sp³-hybridized carbons (Fsp3) is 0.333. The highest BCUT2D eigenvalue weighted by atomic mass is 19.1. The van der Waals surface area contributed by atoms with Crippen LogP contribution in [0.25, 0.3) is 11.4 Å². The van der Waals surface area contributed by atoms with Crippen molar-refractivity contribution in [3.05, 3.63) is 35.9 Å². The number of halogens is 2. The van der Waals surface area contributed by atoms with Gasteiger partial charge >= 0.3 is 0 Å². The molecule has 4 nitrogen and oxygen atoms in total. The van der Waals surface area contributed by atoms with Gasteiger partial charge in [-0.1, -0.05) is 12.1 Å². The third kappa shape index (κ3) is 1.88. The zero-order valence-electron chi connectivity index (χ0n) is 9.55. The summed E-state index contributed by atoms with van der Waals surface area (Å²) in [7, 11) is 0. The molecular weight excluding hydrogens is 238 g/mol. The van der Waals surface area contributed by atoms with Crippen LogP contribution in [0.1, 0.15) is 18.3 Å². The van der Waals surface area contributed by atoms with E-state index in [-0.39, 0.29) is 18.8 Å². The molecule has 94 valence electrons. The minimum Gasteiger partial charge on any atom is -0.321 e. The zero-order chi connectivity index (χ0) is 12.7. The van der Waals surface area contributed by atoms with Crippen molar-refractivity contribution < 1.29 is 8.78 Å². The summed E-state index contributed by atoms with van der Waals surface area (Å²) >= 11 is 0. The molecular formula is C12H12F2N4. The fourth-order valence-electron chi connectivity index (χ4n) is 2.16. The van der Waals surface area contributed by atoms with Gasteiger partial charge in [-0.05, 0) is 12.1 Å². The normalized spacial score (nSPS) is 22.8. The highest BCUT2D eigenvalue weighted by molar-refractivity contribution is 5.54. The summed E-state index contributed by atoms with van der Waals surface area (Å²) in [4.78, 5) is 4.27. The molecule has 0 saturated heterocycles. The van der Waals surface area contributed by atoms with Crippen molar-refractivity contribution in [1.82, 2.24) is 14.8 Å². The second kappa shape index (κ2) is 4.13. The van der Waals surface area contributed by atoms with Crippen LogP contribution in [0.5, 0.6) is 0 Å². The number of hydrogen-bond donors (Lipinski definition) is 1. The summed E-state index contributed by atoms with van der Waals surface area (Å²) in [5.74, 6) is 0.588. The molecule has 18 heavy (non-hydrogen) atoms. The van der Waals surface area contributed by atoms with Gasteiger partial charge in [0.05, 0.1) is 12.6 Å².